The van der Waals surface area contributed by atoms with Crippen molar-refractivity contribution < 1.29 is 4.79 Å². The predicted octanol–water partition coefficient (Wildman–Crippen LogP) is 4.44. The Balaban J connectivity index is 2.32. The summed E-state index contributed by atoms with van der Waals surface area (Å²) in [6.45, 7) is 2.04. The fourth-order valence-corrected chi connectivity index (χ4v) is 3.16. The zero-order valence-corrected chi connectivity index (χ0v) is 11.3. The maximum absolute atomic E-state index is 11.3. The van der Waals surface area contributed by atoms with E-state index in [2.05, 4.69) is 6.07 Å². The Hall–Kier alpha value is -1.58. The highest BCUT2D eigenvalue weighted by molar-refractivity contribution is 7.19. The van der Waals surface area contributed by atoms with Gasteiger partial charge in [-0.25, -0.2) is 0 Å². The molecule has 0 saturated heterocycles. The van der Waals surface area contributed by atoms with E-state index in [9.17, 15) is 4.79 Å². The first-order valence-electron chi connectivity index (χ1n) is 5.51. The second-order valence-corrected chi connectivity index (χ2v) is 5.88. The number of pyridine rings is 1. The third-order valence-electron chi connectivity index (χ3n) is 2.92. The van der Waals surface area contributed by atoms with Crippen molar-refractivity contribution in [1.82, 2.24) is 4.40 Å². The van der Waals surface area contributed by atoms with Crippen molar-refractivity contribution in [2.24, 2.45) is 0 Å². The predicted molar refractivity (Wildman–Crippen MR) is 75.8 cm³/mol. The molecule has 0 aromatic carbocycles. The lowest BCUT2D eigenvalue weighted by Gasteiger charge is -1.98. The molecule has 3 aromatic rings. The monoisotopic (exact) mass is 275 g/mol. The maximum atomic E-state index is 11.3. The molecular formula is C14H10ClNOS. The number of thiophene rings is 1. The normalized spacial score (nSPS) is 11.0. The molecule has 0 aliphatic rings. The summed E-state index contributed by atoms with van der Waals surface area (Å²) >= 11 is 7.44. The van der Waals surface area contributed by atoms with Crippen LogP contribution in [-0.2, 0) is 0 Å². The summed E-state index contributed by atoms with van der Waals surface area (Å²) in [5, 5.41) is 0. The zero-order valence-electron chi connectivity index (χ0n) is 9.68. The van der Waals surface area contributed by atoms with E-state index in [4.69, 9.17) is 11.6 Å². The first-order valence-corrected chi connectivity index (χ1v) is 6.71. The van der Waals surface area contributed by atoms with Gasteiger partial charge in [0.15, 0.2) is 6.29 Å². The lowest BCUT2D eigenvalue weighted by molar-refractivity contribution is 0.111. The molecule has 2 nitrogen and oxygen atoms in total. The van der Waals surface area contributed by atoms with E-state index < -0.39 is 0 Å². The van der Waals surface area contributed by atoms with Crippen LogP contribution in [0.4, 0.5) is 0 Å². The fourth-order valence-electron chi connectivity index (χ4n) is 2.09. The molecule has 0 spiro atoms. The molecule has 0 atom stereocenters. The van der Waals surface area contributed by atoms with Gasteiger partial charge >= 0.3 is 0 Å². The number of aromatic nitrogens is 1. The third kappa shape index (κ3) is 1.76. The van der Waals surface area contributed by atoms with Crippen molar-refractivity contribution >= 4 is 34.7 Å². The average molecular weight is 276 g/mol. The molecule has 0 unspecified atom stereocenters. The van der Waals surface area contributed by atoms with Crippen LogP contribution >= 0.6 is 22.9 Å². The summed E-state index contributed by atoms with van der Waals surface area (Å²) in [4.78, 5) is 12.3. The Morgan fingerprint density at radius 1 is 1.28 bits per heavy atom. The van der Waals surface area contributed by atoms with Gasteiger partial charge in [-0.3, -0.25) is 4.79 Å². The van der Waals surface area contributed by atoms with Crippen LogP contribution in [-0.4, -0.2) is 10.7 Å². The van der Waals surface area contributed by atoms with Crippen molar-refractivity contribution in [3.05, 3.63) is 52.1 Å². The molecule has 0 aliphatic carbocycles. The molecule has 0 fully saturated rings. The minimum Gasteiger partial charge on any atom is -0.314 e. The van der Waals surface area contributed by atoms with Crippen LogP contribution in [0.3, 0.4) is 0 Å². The Morgan fingerprint density at radius 2 is 2.11 bits per heavy atom. The summed E-state index contributed by atoms with van der Waals surface area (Å²) in [5.74, 6) is 0. The van der Waals surface area contributed by atoms with Gasteiger partial charge in [-0.05, 0) is 42.8 Å². The molecule has 3 rings (SSSR count). The number of halogens is 1. The zero-order chi connectivity index (χ0) is 12.7. The van der Waals surface area contributed by atoms with Crippen molar-refractivity contribution in [3.63, 3.8) is 0 Å². The Labute approximate surface area is 113 Å². The molecule has 90 valence electrons. The van der Waals surface area contributed by atoms with E-state index in [-0.39, 0.29) is 0 Å². The van der Waals surface area contributed by atoms with E-state index in [1.807, 2.05) is 41.8 Å². The van der Waals surface area contributed by atoms with Gasteiger partial charge in [-0.2, -0.15) is 0 Å². The minimum absolute atomic E-state index is 0.670. The molecule has 0 saturated carbocycles. The summed E-state index contributed by atoms with van der Waals surface area (Å²) in [6.07, 6.45) is 2.82. The topological polar surface area (TPSA) is 21.5 Å². The molecule has 18 heavy (non-hydrogen) atoms. The second-order valence-electron chi connectivity index (χ2n) is 4.16. The SMILES string of the molecule is Cc1ccn2c(C=O)c(-c3ccc(Cl)s3)cc2c1. The van der Waals surface area contributed by atoms with Crippen LogP contribution in [0, 0.1) is 6.92 Å². The van der Waals surface area contributed by atoms with Crippen molar-refractivity contribution in [2.75, 3.05) is 0 Å². The number of carbonyl (C=O) groups is 1. The van der Waals surface area contributed by atoms with Crippen LogP contribution in [0.2, 0.25) is 4.34 Å². The van der Waals surface area contributed by atoms with E-state index in [1.54, 1.807) is 0 Å². The maximum Gasteiger partial charge on any atom is 0.167 e. The Kier molecular flexibility index (Phi) is 2.73. The lowest BCUT2D eigenvalue weighted by atomic mass is 10.2. The van der Waals surface area contributed by atoms with Crippen LogP contribution in [0.1, 0.15) is 16.1 Å². The molecule has 0 aliphatic heterocycles. The molecule has 0 bridgehead atoms. The highest BCUT2D eigenvalue weighted by atomic mass is 35.5. The molecule has 0 radical (unpaired) electrons. The van der Waals surface area contributed by atoms with Gasteiger partial charge in [0, 0.05) is 22.2 Å². The van der Waals surface area contributed by atoms with Gasteiger partial charge in [0.25, 0.3) is 0 Å². The minimum atomic E-state index is 0.670. The first-order chi connectivity index (χ1) is 8.69. The number of hydrogen-bond donors (Lipinski definition) is 0. The largest absolute Gasteiger partial charge is 0.314 e. The Bertz CT molecular complexity index is 741. The fraction of sp³-hybridized carbons (Fsp3) is 0.0714. The molecule has 3 heterocycles. The number of fused-ring (bicyclic) bond motifs is 1. The first kappa shape index (κ1) is 11.5. The summed E-state index contributed by atoms with van der Waals surface area (Å²) in [7, 11) is 0. The third-order valence-corrected chi connectivity index (χ3v) is 4.18. The number of aldehydes is 1. The van der Waals surface area contributed by atoms with Crippen molar-refractivity contribution in [3.8, 4) is 10.4 Å². The number of aryl methyl sites for hydroxylation is 1. The quantitative estimate of drug-likeness (QED) is 0.634. The number of rotatable bonds is 2. The van der Waals surface area contributed by atoms with Gasteiger partial charge in [0.05, 0.1) is 10.0 Å². The van der Waals surface area contributed by atoms with Gasteiger partial charge < -0.3 is 4.40 Å². The molecule has 4 heteroatoms. The molecule has 0 N–H and O–H groups in total. The smallest absolute Gasteiger partial charge is 0.167 e. The standard InChI is InChI=1S/C14H10ClNOS/c1-9-4-5-16-10(6-9)7-11(12(16)8-17)13-2-3-14(15)18-13/h2-8H,1H3. The summed E-state index contributed by atoms with van der Waals surface area (Å²) < 4.78 is 2.64. The van der Waals surface area contributed by atoms with Crippen LogP contribution < -0.4 is 0 Å². The molecule has 3 aromatic heterocycles. The molecular weight excluding hydrogens is 266 g/mol. The highest BCUT2D eigenvalue weighted by Gasteiger charge is 2.13. The van der Waals surface area contributed by atoms with E-state index >= 15 is 0 Å². The average Bonchev–Trinajstić information content (AvgIpc) is 2.91. The van der Waals surface area contributed by atoms with Gasteiger partial charge in [-0.1, -0.05) is 11.6 Å². The lowest BCUT2D eigenvalue weighted by Crippen LogP contribution is -1.91. The summed E-state index contributed by atoms with van der Waals surface area (Å²) in [6, 6.07) is 9.88. The summed E-state index contributed by atoms with van der Waals surface area (Å²) in [5.41, 5.74) is 3.81. The van der Waals surface area contributed by atoms with E-state index in [0.717, 1.165) is 26.6 Å². The van der Waals surface area contributed by atoms with Crippen LogP contribution in [0.25, 0.3) is 16.0 Å². The Morgan fingerprint density at radius 3 is 2.78 bits per heavy atom. The van der Waals surface area contributed by atoms with Gasteiger partial charge in [0.2, 0.25) is 0 Å². The van der Waals surface area contributed by atoms with Gasteiger partial charge in [0.1, 0.15) is 0 Å². The van der Waals surface area contributed by atoms with Gasteiger partial charge in [-0.15, -0.1) is 11.3 Å². The van der Waals surface area contributed by atoms with Crippen LogP contribution in [0.5, 0.6) is 0 Å². The number of nitrogens with zero attached hydrogens (tertiary/aromatic N) is 1. The van der Waals surface area contributed by atoms with E-state index in [1.165, 1.54) is 16.9 Å². The highest BCUT2D eigenvalue weighted by Crippen LogP contribution is 2.34. The van der Waals surface area contributed by atoms with E-state index in [0.29, 0.717) is 5.69 Å². The number of carbonyl (C=O) groups excluding carboxylic acids is 1. The van der Waals surface area contributed by atoms with Crippen LogP contribution in [0.15, 0.2) is 36.5 Å². The number of hydrogen-bond acceptors (Lipinski definition) is 2. The molecule has 0 amide bonds. The van der Waals surface area contributed by atoms with Crippen molar-refractivity contribution in [2.45, 2.75) is 6.92 Å². The van der Waals surface area contributed by atoms with Crippen molar-refractivity contribution in [1.29, 1.82) is 0 Å². The second kappa shape index (κ2) is 4.26.